The zero-order valence-corrected chi connectivity index (χ0v) is 13.2. The highest BCUT2D eigenvalue weighted by Gasteiger charge is 2.39. The molecule has 1 heterocycles. The fraction of sp³-hybridized carbons (Fsp3) is 0.222. The zero-order valence-electron chi connectivity index (χ0n) is 11.7. The molecule has 1 aliphatic carbocycles. The predicted molar refractivity (Wildman–Crippen MR) is 89.2 cm³/mol. The van der Waals surface area contributed by atoms with Gasteiger partial charge < -0.3 is 5.32 Å². The first-order chi connectivity index (χ1) is 10.6. The summed E-state index contributed by atoms with van der Waals surface area (Å²) in [4.78, 5) is 0. The fourth-order valence-corrected chi connectivity index (χ4v) is 4.12. The van der Waals surface area contributed by atoms with Crippen LogP contribution in [-0.4, -0.2) is 0 Å². The molecular weight excluding hydrogens is 320 g/mol. The van der Waals surface area contributed by atoms with Gasteiger partial charge in [-0.05, 0) is 48.2 Å². The number of hydrogen-bond acceptors (Lipinski definition) is 1. The van der Waals surface area contributed by atoms with E-state index in [0.717, 1.165) is 17.1 Å². The Hall–Kier alpha value is -1.51. The van der Waals surface area contributed by atoms with Gasteiger partial charge in [0.05, 0.1) is 6.04 Å². The van der Waals surface area contributed by atoms with Gasteiger partial charge in [0, 0.05) is 27.2 Å². The number of halogens is 3. The van der Waals surface area contributed by atoms with Crippen molar-refractivity contribution in [3.63, 3.8) is 0 Å². The van der Waals surface area contributed by atoms with Gasteiger partial charge in [0.15, 0.2) is 0 Å². The van der Waals surface area contributed by atoms with Crippen LogP contribution in [0.25, 0.3) is 0 Å². The van der Waals surface area contributed by atoms with Crippen LogP contribution in [0.3, 0.4) is 0 Å². The number of allylic oxidation sites excluding steroid dienone is 2. The molecule has 1 N–H and O–H groups in total. The van der Waals surface area contributed by atoms with Crippen molar-refractivity contribution in [3.05, 3.63) is 75.5 Å². The molecule has 0 fully saturated rings. The number of nitrogens with one attached hydrogen (secondary N) is 1. The lowest BCUT2D eigenvalue weighted by atomic mass is 9.77. The van der Waals surface area contributed by atoms with E-state index in [1.54, 1.807) is 12.1 Å². The van der Waals surface area contributed by atoms with Gasteiger partial charge in [-0.3, -0.25) is 0 Å². The van der Waals surface area contributed by atoms with E-state index in [1.165, 1.54) is 11.6 Å². The normalized spacial score (nSPS) is 25.5. The van der Waals surface area contributed by atoms with Crippen LogP contribution in [0.5, 0.6) is 0 Å². The predicted octanol–water partition coefficient (Wildman–Crippen LogP) is 5.96. The SMILES string of the molecule is Fc1cccc(Cl)c1[C@@H]1Nc2ccc(Cl)cc2[C@@H]2C=CC[C@@H]21. The monoisotopic (exact) mass is 333 g/mol. The summed E-state index contributed by atoms with van der Waals surface area (Å²) in [7, 11) is 0. The second-order valence-corrected chi connectivity index (χ2v) is 6.69. The highest BCUT2D eigenvalue weighted by atomic mass is 35.5. The summed E-state index contributed by atoms with van der Waals surface area (Å²) in [6, 6.07) is 10.5. The van der Waals surface area contributed by atoms with Crippen molar-refractivity contribution in [2.45, 2.75) is 18.4 Å². The van der Waals surface area contributed by atoms with Gasteiger partial charge in [0.1, 0.15) is 5.82 Å². The lowest BCUT2D eigenvalue weighted by Crippen LogP contribution is -2.30. The summed E-state index contributed by atoms with van der Waals surface area (Å²) in [6.45, 7) is 0. The minimum Gasteiger partial charge on any atom is -0.378 e. The summed E-state index contributed by atoms with van der Waals surface area (Å²) >= 11 is 12.4. The third-order valence-electron chi connectivity index (χ3n) is 4.64. The maximum absolute atomic E-state index is 14.4. The van der Waals surface area contributed by atoms with Crippen LogP contribution in [-0.2, 0) is 0 Å². The van der Waals surface area contributed by atoms with Gasteiger partial charge >= 0.3 is 0 Å². The molecule has 3 atom stereocenters. The standard InChI is InChI=1S/C18H14Cl2FN/c19-10-7-8-16-13(9-10)11-3-1-4-12(11)18(22-16)17-14(20)5-2-6-15(17)21/h1-3,5-9,11-12,18,22H,4H2/t11-,12+,18-/m1/s1. The highest BCUT2D eigenvalue weighted by Crippen LogP contribution is 2.51. The first-order valence-electron chi connectivity index (χ1n) is 7.31. The van der Waals surface area contributed by atoms with Gasteiger partial charge in [-0.15, -0.1) is 0 Å². The van der Waals surface area contributed by atoms with Crippen molar-refractivity contribution in [3.8, 4) is 0 Å². The van der Waals surface area contributed by atoms with Gasteiger partial charge in [-0.2, -0.15) is 0 Å². The van der Waals surface area contributed by atoms with Crippen LogP contribution in [0, 0.1) is 11.7 Å². The Morgan fingerprint density at radius 2 is 2.00 bits per heavy atom. The molecular formula is C18H14Cl2FN. The smallest absolute Gasteiger partial charge is 0.129 e. The molecule has 2 aliphatic rings. The molecule has 0 unspecified atom stereocenters. The van der Waals surface area contributed by atoms with Crippen molar-refractivity contribution >= 4 is 28.9 Å². The van der Waals surface area contributed by atoms with Crippen LogP contribution < -0.4 is 5.32 Å². The quantitative estimate of drug-likeness (QED) is 0.635. The number of rotatable bonds is 1. The Balaban J connectivity index is 1.85. The van der Waals surface area contributed by atoms with Crippen LogP contribution in [0.15, 0.2) is 48.6 Å². The topological polar surface area (TPSA) is 12.0 Å². The first-order valence-corrected chi connectivity index (χ1v) is 8.07. The molecule has 0 spiro atoms. The fourth-order valence-electron chi connectivity index (χ4n) is 3.66. The van der Waals surface area contributed by atoms with E-state index >= 15 is 0 Å². The maximum atomic E-state index is 14.4. The summed E-state index contributed by atoms with van der Waals surface area (Å²) < 4.78 is 14.4. The third kappa shape index (κ3) is 2.13. The molecule has 0 radical (unpaired) electrons. The summed E-state index contributed by atoms with van der Waals surface area (Å²) in [5.74, 6) is 0.240. The maximum Gasteiger partial charge on any atom is 0.129 e. The Morgan fingerprint density at radius 1 is 1.14 bits per heavy atom. The summed E-state index contributed by atoms with van der Waals surface area (Å²) in [5, 5.41) is 4.67. The first kappa shape index (κ1) is 14.1. The molecule has 0 saturated carbocycles. The number of fused-ring (bicyclic) bond motifs is 3. The Labute approximate surface area is 138 Å². The molecule has 4 rings (SSSR count). The number of hydrogen-bond donors (Lipinski definition) is 1. The average Bonchev–Trinajstić information content (AvgIpc) is 2.97. The van der Waals surface area contributed by atoms with Crippen molar-refractivity contribution < 1.29 is 4.39 Å². The zero-order chi connectivity index (χ0) is 15.3. The van der Waals surface area contributed by atoms with Crippen molar-refractivity contribution in [1.29, 1.82) is 0 Å². The van der Waals surface area contributed by atoms with Crippen molar-refractivity contribution in [2.24, 2.45) is 5.92 Å². The van der Waals surface area contributed by atoms with E-state index < -0.39 is 0 Å². The second-order valence-electron chi connectivity index (χ2n) is 5.84. The lowest BCUT2D eigenvalue weighted by Gasteiger charge is -2.38. The minimum absolute atomic E-state index is 0.137. The molecule has 22 heavy (non-hydrogen) atoms. The van der Waals surface area contributed by atoms with Crippen molar-refractivity contribution in [1.82, 2.24) is 0 Å². The second kappa shape index (κ2) is 5.29. The molecule has 2 aromatic carbocycles. The third-order valence-corrected chi connectivity index (χ3v) is 5.20. The molecule has 1 aliphatic heterocycles. The molecule has 0 saturated heterocycles. The van der Waals surface area contributed by atoms with Crippen LogP contribution >= 0.6 is 23.2 Å². The van der Waals surface area contributed by atoms with Gasteiger partial charge in [-0.1, -0.05) is 41.4 Å². The van der Waals surface area contributed by atoms with E-state index in [-0.39, 0.29) is 23.7 Å². The Bertz CT molecular complexity index is 751. The van der Waals surface area contributed by atoms with Crippen LogP contribution in [0.2, 0.25) is 10.0 Å². The minimum atomic E-state index is -0.256. The van der Waals surface area contributed by atoms with Gasteiger partial charge in [-0.25, -0.2) is 4.39 Å². The van der Waals surface area contributed by atoms with Crippen LogP contribution in [0.4, 0.5) is 10.1 Å². The molecule has 0 aromatic heterocycles. The van der Waals surface area contributed by atoms with Gasteiger partial charge in [0.25, 0.3) is 0 Å². The molecule has 0 bridgehead atoms. The molecule has 4 heteroatoms. The van der Waals surface area contributed by atoms with E-state index in [4.69, 9.17) is 23.2 Å². The summed E-state index contributed by atoms with van der Waals surface area (Å²) in [6.07, 6.45) is 5.26. The Morgan fingerprint density at radius 3 is 2.82 bits per heavy atom. The van der Waals surface area contributed by atoms with E-state index in [2.05, 4.69) is 17.5 Å². The number of benzene rings is 2. The average molecular weight is 334 g/mol. The molecule has 112 valence electrons. The van der Waals surface area contributed by atoms with E-state index in [1.807, 2.05) is 18.2 Å². The lowest BCUT2D eigenvalue weighted by molar-refractivity contribution is 0.413. The molecule has 1 nitrogen and oxygen atoms in total. The van der Waals surface area contributed by atoms with E-state index in [9.17, 15) is 4.39 Å². The van der Waals surface area contributed by atoms with Crippen molar-refractivity contribution in [2.75, 3.05) is 5.32 Å². The van der Waals surface area contributed by atoms with Gasteiger partial charge in [0.2, 0.25) is 0 Å². The highest BCUT2D eigenvalue weighted by molar-refractivity contribution is 6.31. The molecule has 2 aromatic rings. The van der Waals surface area contributed by atoms with E-state index in [0.29, 0.717) is 10.6 Å². The Kier molecular flexibility index (Phi) is 3.39. The van der Waals surface area contributed by atoms with Crippen LogP contribution in [0.1, 0.15) is 29.5 Å². The largest absolute Gasteiger partial charge is 0.378 e. The number of anilines is 1. The molecule has 0 amide bonds. The summed E-state index contributed by atoms with van der Waals surface area (Å²) in [5.41, 5.74) is 2.74.